The molecule has 0 aliphatic rings. The molecule has 384 valence electrons. The Morgan fingerprint density at radius 1 is 0.338 bits per heavy atom. The lowest BCUT2D eigenvalue weighted by Gasteiger charge is -2.18. The van der Waals surface area contributed by atoms with Crippen LogP contribution in [0, 0.1) is 0 Å². The summed E-state index contributed by atoms with van der Waals surface area (Å²) in [7, 11) is 0. The van der Waals surface area contributed by atoms with Gasteiger partial charge >= 0.3 is 11.9 Å². The molecule has 5 heteroatoms. The predicted molar refractivity (Wildman–Crippen MR) is 297 cm³/mol. The second-order valence-electron chi connectivity index (χ2n) is 17.7. The lowest BCUT2D eigenvalue weighted by Crippen LogP contribution is -2.30. The zero-order chi connectivity index (χ0) is 49.2. The molecule has 0 rings (SSSR count). The first-order valence-corrected chi connectivity index (χ1v) is 27.7. The van der Waals surface area contributed by atoms with Gasteiger partial charge in [0.25, 0.3) is 0 Å². The number of allylic oxidation sites excluding steroid dienone is 22. The van der Waals surface area contributed by atoms with Gasteiger partial charge in [0.15, 0.2) is 6.10 Å². The number of carbonyl (C=O) groups excluding carboxylic acids is 2. The molecule has 0 N–H and O–H groups in total. The average molecular weight is 940 g/mol. The molecule has 0 aromatic rings. The minimum atomic E-state index is -0.588. The maximum Gasteiger partial charge on any atom is 0.306 e. The molecule has 0 amide bonds. The lowest BCUT2D eigenvalue weighted by molar-refractivity contribution is -0.162. The Morgan fingerprint density at radius 2 is 0.691 bits per heavy atom. The minimum absolute atomic E-state index is 0.0281. The molecule has 0 aliphatic heterocycles. The zero-order valence-corrected chi connectivity index (χ0v) is 44.1. The van der Waals surface area contributed by atoms with E-state index < -0.39 is 6.10 Å². The molecule has 0 aromatic heterocycles. The summed E-state index contributed by atoms with van der Waals surface area (Å²) < 4.78 is 17.4. The van der Waals surface area contributed by atoms with Crippen LogP contribution in [0.5, 0.6) is 0 Å². The highest BCUT2D eigenvalue weighted by Crippen LogP contribution is 2.13. The number of hydrogen-bond donors (Lipinski definition) is 0. The molecule has 0 heterocycles. The van der Waals surface area contributed by atoms with Crippen molar-refractivity contribution in [1.82, 2.24) is 0 Å². The fraction of sp³-hybridized carbons (Fsp3) is 0.619. The summed E-state index contributed by atoms with van der Waals surface area (Å²) in [6.07, 6.45) is 81.9. The second-order valence-corrected chi connectivity index (χ2v) is 17.7. The van der Waals surface area contributed by atoms with Crippen molar-refractivity contribution in [3.63, 3.8) is 0 Å². The van der Waals surface area contributed by atoms with Gasteiger partial charge in [-0.15, -0.1) is 0 Å². The summed E-state index contributed by atoms with van der Waals surface area (Å²) in [4.78, 5) is 25.5. The molecule has 0 saturated carbocycles. The van der Waals surface area contributed by atoms with Crippen molar-refractivity contribution in [3.8, 4) is 0 Å². The summed E-state index contributed by atoms with van der Waals surface area (Å²) >= 11 is 0. The van der Waals surface area contributed by atoms with Gasteiger partial charge in [-0.25, -0.2) is 0 Å². The number of esters is 2. The van der Waals surface area contributed by atoms with Crippen molar-refractivity contribution < 1.29 is 23.8 Å². The van der Waals surface area contributed by atoms with Crippen LogP contribution >= 0.6 is 0 Å². The third kappa shape index (κ3) is 54.6. The normalized spacial score (nSPS) is 13.3. The summed E-state index contributed by atoms with van der Waals surface area (Å²) in [6.45, 7) is 7.45. The van der Waals surface area contributed by atoms with Gasteiger partial charge in [0, 0.05) is 19.4 Å². The van der Waals surface area contributed by atoms with Gasteiger partial charge in [0.1, 0.15) is 6.61 Å². The maximum atomic E-state index is 12.8. The molecule has 1 atom stereocenters. The zero-order valence-electron chi connectivity index (χ0n) is 44.1. The topological polar surface area (TPSA) is 61.8 Å². The Hall–Kier alpha value is -3.96. The highest BCUT2D eigenvalue weighted by atomic mass is 16.6. The molecule has 68 heavy (non-hydrogen) atoms. The van der Waals surface area contributed by atoms with Gasteiger partial charge in [0.2, 0.25) is 0 Å². The first-order chi connectivity index (χ1) is 33.6. The molecule has 0 fully saturated rings. The summed E-state index contributed by atoms with van der Waals surface area (Å²) in [5.74, 6) is -0.518. The van der Waals surface area contributed by atoms with Gasteiger partial charge < -0.3 is 14.2 Å². The SMILES string of the molecule is CC/C=C\C/C=C\C/C=C\C/C=C\C/C=C\C/C=C\CCC(=O)OCC(COCCCCCCCC/C=C\C/C=C\C/C=C\CC)OC(=O)CCCCCCCCC/C=C\C/C=C\CCCCC. The van der Waals surface area contributed by atoms with E-state index in [1.807, 2.05) is 6.08 Å². The molecule has 0 bridgehead atoms. The lowest BCUT2D eigenvalue weighted by atomic mass is 10.1. The molecule has 0 spiro atoms. The first-order valence-electron chi connectivity index (χ1n) is 27.7. The maximum absolute atomic E-state index is 12.8. The monoisotopic (exact) mass is 939 g/mol. The van der Waals surface area contributed by atoms with Gasteiger partial charge in [-0.3, -0.25) is 9.59 Å². The van der Waals surface area contributed by atoms with E-state index in [4.69, 9.17) is 14.2 Å². The third-order valence-corrected chi connectivity index (χ3v) is 11.2. The van der Waals surface area contributed by atoms with E-state index in [2.05, 4.69) is 148 Å². The van der Waals surface area contributed by atoms with E-state index in [-0.39, 0.29) is 25.2 Å². The summed E-state index contributed by atoms with van der Waals surface area (Å²) in [6, 6.07) is 0. The Bertz CT molecular complexity index is 1430. The van der Waals surface area contributed by atoms with E-state index in [1.54, 1.807) is 0 Å². The van der Waals surface area contributed by atoms with Crippen LogP contribution in [0.1, 0.15) is 226 Å². The molecule has 0 aromatic carbocycles. The number of carbonyl (C=O) groups is 2. The van der Waals surface area contributed by atoms with Crippen molar-refractivity contribution in [3.05, 3.63) is 134 Å². The quantitative estimate of drug-likeness (QED) is 0.0345. The first kappa shape index (κ1) is 64.0. The highest BCUT2D eigenvalue weighted by Gasteiger charge is 2.17. The molecular weight excluding hydrogens is 837 g/mol. The van der Waals surface area contributed by atoms with Crippen LogP contribution < -0.4 is 0 Å². The van der Waals surface area contributed by atoms with Gasteiger partial charge in [-0.1, -0.05) is 225 Å². The summed E-state index contributed by atoms with van der Waals surface area (Å²) in [5.41, 5.74) is 0. The Balaban J connectivity index is 4.46. The van der Waals surface area contributed by atoms with Crippen molar-refractivity contribution >= 4 is 11.9 Å². The van der Waals surface area contributed by atoms with Crippen molar-refractivity contribution in [2.45, 2.75) is 232 Å². The molecule has 5 nitrogen and oxygen atoms in total. The van der Waals surface area contributed by atoms with Crippen molar-refractivity contribution in [2.24, 2.45) is 0 Å². The number of rotatable bonds is 49. The van der Waals surface area contributed by atoms with E-state index in [1.165, 1.54) is 77.0 Å². The van der Waals surface area contributed by atoms with Crippen LogP contribution in [-0.2, 0) is 23.8 Å². The average Bonchev–Trinajstić information content (AvgIpc) is 3.34. The molecule has 0 radical (unpaired) electrons. The van der Waals surface area contributed by atoms with Crippen LogP contribution in [-0.4, -0.2) is 37.9 Å². The van der Waals surface area contributed by atoms with E-state index in [9.17, 15) is 9.59 Å². The largest absolute Gasteiger partial charge is 0.462 e. The van der Waals surface area contributed by atoms with Crippen LogP contribution in [0.3, 0.4) is 0 Å². The smallest absolute Gasteiger partial charge is 0.306 e. The summed E-state index contributed by atoms with van der Waals surface area (Å²) in [5, 5.41) is 0. The van der Waals surface area contributed by atoms with Gasteiger partial charge in [-0.2, -0.15) is 0 Å². The van der Waals surface area contributed by atoms with Crippen LogP contribution in [0.25, 0.3) is 0 Å². The Labute approximate surface area is 419 Å². The number of unbranched alkanes of at least 4 members (excludes halogenated alkanes) is 16. The fourth-order valence-electron chi connectivity index (χ4n) is 7.11. The van der Waals surface area contributed by atoms with Crippen molar-refractivity contribution in [2.75, 3.05) is 19.8 Å². The number of hydrogen-bond acceptors (Lipinski definition) is 5. The molecule has 0 aliphatic carbocycles. The van der Waals surface area contributed by atoms with E-state index >= 15 is 0 Å². The Morgan fingerprint density at radius 3 is 1.12 bits per heavy atom. The second kappa shape index (κ2) is 57.4. The number of ether oxygens (including phenoxy) is 3. The molecule has 0 saturated heterocycles. The van der Waals surface area contributed by atoms with Gasteiger partial charge in [0.05, 0.1) is 6.61 Å². The van der Waals surface area contributed by atoms with Gasteiger partial charge in [-0.05, 0) is 122 Å². The van der Waals surface area contributed by atoms with Crippen LogP contribution in [0.4, 0.5) is 0 Å². The van der Waals surface area contributed by atoms with Crippen LogP contribution in [0.15, 0.2) is 134 Å². The molecular formula is C63H102O5. The third-order valence-electron chi connectivity index (χ3n) is 11.2. The standard InChI is InChI=1S/C63H102O5/c1-4-7-10-13-16-19-22-25-28-31-32-34-35-38-41-44-47-50-53-56-62(64)67-60-61(59-66-58-55-52-49-46-43-40-37-30-27-24-21-18-15-12-9-6-3)68-63(65)57-54-51-48-45-42-39-36-33-29-26-23-20-17-14-11-8-5-2/h7,9-10,12,16-21,25-30,32,34,38,41,47,50,61H,4-6,8,11,13-15,22-24,31,33,35-37,39-40,42-46,48-49,51-60H2,1-3H3/b10-7-,12-9-,19-16-,20-17-,21-18-,28-25-,29-26-,30-27-,34-32-,41-38-,50-47-. The molecule has 1 unspecified atom stereocenters. The fourth-order valence-corrected chi connectivity index (χ4v) is 7.11. The van der Waals surface area contributed by atoms with E-state index in [0.29, 0.717) is 25.9 Å². The van der Waals surface area contributed by atoms with Crippen molar-refractivity contribution in [1.29, 1.82) is 0 Å². The predicted octanol–water partition coefficient (Wildman–Crippen LogP) is 19.1. The van der Waals surface area contributed by atoms with E-state index in [0.717, 1.165) is 109 Å². The Kier molecular flexibility index (Phi) is 54.0. The van der Waals surface area contributed by atoms with Crippen LogP contribution in [0.2, 0.25) is 0 Å². The minimum Gasteiger partial charge on any atom is -0.462 e. The highest BCUT2D eigenvalue weighted by molar-refractivity contribution is 5.70.